The molecule has 0 aliphatic carbocycles. The van der Waals surface area contributed by atoms with Crippen molar-refractivity contribution in [3.63, 3.8) is 0 Å². The molecule has 0 spiro atoms. The molecule has 4 aromatic heterocycles. The minimum Gasteiger partial charge on any atom is -0.340 e. The third-order valence-electron chi connectivity index (χ3n) is 5.81. The Morgan fingerprint density at radius 3 is 2.53 bits per heavy atom. The molecule has 6 rings (SSSR count). The highest BCUT2D eigenvalue weighted by atomic mass is 32.1. The third-order valence-corrected chi connectivity index (χ3v) is 6.95. The van der Waals surface area contributed by atoms with Crippen molar-refractivity contribution in [3.8, 4) is 22.5 Å². The molecule has 0 amide bonds. The zero-order chi connectivity index (χ0) is 24.3. The molecule has 0 radical (unpaired) electrons. The Morgan fingerprint density at radius 1 is 0.889 bits per heavy atom. The molecule has 0 saturated heterocycles. The summed E-state index contributed by atoms with van der Waals surface area (Å²) in [5.41, 5.74) is 4.91. The fourth-order valence-corrected chi connectivity index (χ4v) is 4.99. The molecule has 4 heterocycles. The van der Waals surface area contributed by atoms with Crippen molar-refractivity contribution < 1.29 is 4.79 Å². The Kier molecular flexibility index (Phi) is 5.77. The SMILES string of the molecule is O=C(Cc1ccncc1)c1cc2ccc(-c3nccc(Nc4ccc(-c5cn[nH]c5)cc4)n3)cc2s1. The van der Waals surface area contributed by atoms with E-state index in [1.807, 2.05) is 72.9 Å². The van der Waals surface area contributed by atoms with Gasteiger partial charge in [0.05, 0.1) is 11.1 Å². The summed E-state index contributed by atoms with van der Waals surface area (Å²) in [6.45, 7) is 0. The van der Waals surface area contributed by atoms with Crippen molar-refractivity contribution in [2.75, 3.05) is 5.32 Å². The quantitative estimate of drug-likeness (QED) is 0.256. The van der Waals surface area contributed by atoms with Gasteiger partial charge in [-0.15, -0.1) is 11.3 Å². The fourth-order valence-electron chi connectivity index (χ4n) is 3.95. The van der Waals surface area contributed by atoms with Gasteiger partial charge in [0.2, 0.25) is 0 Å². The van der Waals surface area contributed by atoms with Gasteiger partial charge in [0.15, 0.2) is 11.6 Å². The Bertz CT molecular complexity index is 1640. The molecule has 2 aromatic carbocycles. The number of aromatic nitrogens is 5. The highest BCUT2D eigenvalue weighted by Crippen LogP contribution is 2.31. The molecular formula is C28H20N6OS. The van der Waals surface area contributed by atoms with Crippen LogP contribution >= 0.6 is 11.3 Å². The van der Waals surface area contributed by atoms with Crippen molar-refractivity contribution in [1.82, 2.24) is 25.1 Å². The van der Waals surface area contributed by atoms with Crippen LogP contribution in [0.15, 0.2) is 97.7 Å². The van der Waals surface area contributed by atoms with Gasteiger partial charge < -0.3 is 5.32 Å². The van der Waals surface area contributed by atoms with Crippen LogP contribution in [0.3, 0.4) is 0 Å². The van der Waals surface area contributed by atoms with E-state index in [2.05, 4.69) is 25.5 Å². The van der Waals surface area contributed by atoms with Crippen molar-refractivity contribution in [3.05, 3.63) is 108 Å². The van der Waals surface area contributed by atoms with Gasteiger partial charge in [0, 0.05) is 52.7 Å². The van der Waals surface area contributed by atoms with Crippen molar-refractivity contribution >= 4 is 38.7 Å². The number of thiophene rings is 1. The number of Topliss-reactive ketones (excluding diaryl/α,β-unsaturated/α-hetero) is 1. The van der Waals surface area contributed by atoms with Crippen LogP contribution in [-0.2, 0) is 6.42 Å². The van der Waals surface area contributed by atoms with Gasteiger partial charge in [-0.1, -0.05) is 24.3 Å². The van der Waals surface area contributed by atoms with E-state index in [-0.39, 0.29) is 5.78 Å². The molecule has 0 bridgehead atoms. The van der Waals surface area contributed by atoms with Crippen LogP contribution in [0.5, 0.6) is 0 Å². The Morgan fingerprint density at radius 2 is 1.72 bits per heavy atom. The van der Waals surface area contributed by atoms with E-state index in [1.54, 1.807) is 24.8 Å². The van der Waals surface area contributed by atoms with Gasteiger partial charge in [-0.3, -0.25) is 14.9 Å². The molecular weight excluding hydrogens is 468 g/mol. The van der Waals surface area contributed by atoms with Crippen LogP contribution in [0.1, 0.15) is 15.2 Å². The molecule has 0 saturated carbocycles. The van der Waals surface area contributed by atoms with Gasteiger partial charge >= 0.3 is 0 Å². The number of carbonyl (C=O) groups excluding carboxylic acids is 1. The summed E-state index contributed by atoms with van der Waals surface area (Å²) >= 11 is 1.50. The number of ketones is 1. The smallest absolute Gasteiger partial charge is 0.177 e. The van der Waals surface area contributed by atoms with Gasteiger partial charge in [-0.2, -0.15) is 5.10 Å². The number of carbonyl (C=O) groups is 1. The average molecular weight is 489 g/mol. The van der Waals surface area contributed by atoms with Gasteiger partial charge in [0.1, 0.15) is 5.82 Å². The van der Waals surface area contributed by atoms with Gasteiger partial charge in [-0.25, -0.2) is 9.97 Å². The first kappa shape index (κ1) is 21.8. The summed E-state index contributed by atoms with van der Waals surface area (Å²) in [7, 11) is 0. The lowest BCUT2D eigenvalue weighted by atomic mass is 10.1. The minimum atomic E-state index is 0.102. The Hall–Kier alpha value is -4.69. The van der Waals surface area contributed by atoms with E-state index >= 15 is 0 Å². The number of benzene rings is 2. The number of aromatic amines is 1. The van der Waals surface area contributed by atoms with Crippen LogP contribution in [0.4, 0.5) is 11.5 Å². The first-order chi connectivity index (χ1) is 17.7. The number of pyridine rings is 1. The number of nitrogens with one attached hydrogen (secondary N) is 2. The van der Waals surface area contributed by atoms with Crippen LogP contribution in [0.25, 0.3) is 32.6 Å². The summed E-state index contributed by atoms with van der Waals surface area (Å²) in [6, 6.07) is 21.7. The number of rotatable bonds is 7. The number of fused-ring (bicyclic) bond motifs is 1. The van der Waals surface area contributed by atoms with Crippen molar-refractivity contribution in [2.45, 2.75) is 6.42 Å². The molecule has 174 valence electrons. The monoisotopic (exact) mass is 488 g/mol. The molecule has 6 aromatic rings. The van der Waals surface area contributed by atoms with Gasteiger partial charge in [-0.05, 0) is 59.0 Å². The first-order valence-corrected chi connectivity index (χ1v) is 12.2. The summed E-state index contributed by atoms with van der Waals surface area (Å²) in [5.74, 6) is 1.43. The number of nitrogens with zero attached hydrogens (tertiary/aromatic N) is 4. The Labute approximate surface area is 210 Å². The highest BCUT2D eigenvalue weighted by molar-refractivity contribution is 7.20. The van der Waals surface area contributed by atoms with Crippen LogP contribution in [0, 0.1) is 0 Å². The van der Waals surface area contributed by atoms with Crippen LogP contribution in [0.2, 0.25) is 0 Å². The predicted octanol–water partition coefficient (Wildman–Crippen LogP) is 6.31. The molecule has 36 heavy (non-hydrogen) atoms. The van der Waals surface area contributed by atoms with E-state index in [0.29, 0.717) is 18.1 Å². The lowest BCUT2D eigenvalue weighted by Crippen LogP contribution is -2.00. The fraction of sp³-hybridized carbons (Fsp3) is 0.0357. The summed E-state index contributed by atoms with van der Waals surface area (Å²) in [5, 5.41) is 11.2. The van der Waals surface area contributed by atoms with Crippen LogP contribution in [-0.4, -0.2) is 30.9 Å². The number of hydrogen-bond donors (Lipinski definition) is 2. The maximum absolute atomic E-state index is 12.8. The molecule has 0 unspecified atom stereocenters. The normalized spacial score (nSPS) is 11.0. The topological polar surface area (TPSA) is 96.5 Å². The minimum absolute atomic E-state index is 0.102. The zero-order valence-corrected chi connectivity index (χ0v) is 19.9. The van der Waals surface area contributed by atoms with E-state index in [4.69, 9.17) is 4.98 Å². The second kappa shape index (κ2) is 9.52. The van der Waals surface area contributed by atoms with Crippen molar-refractivity contribution in [2.24, 2.45) is 0 Å². The second-order valence-corrected chi connectivity index (χ2v) is 9.36. The molecule has 0 fully saturated rings. The summed E-state index contributed by atoms with van der Waals surface area (Å²) in [6.07, 6.45) is 9.18. The molecule has 0 atom stereocenters. The maximum atomic E-state index is 12.8. The van der Waals surface area contributed by atoms with Gasteiger partial charge in [0.25, 0.3) is 0 Å². The van der Waals surface area contributed by atoms with E-state index in [9.17, 15) is 4.79 Å². The van der Waals surface area contributed by atoms with Crippen LogP contribution < -0.4 is 5.32 Å². The lowest BCUT2D eigenvalue weighted by Gasteiger charge is -2.08. The maximum Gasteiger partial charge on any atom is 0.177 e. The summed E-state index contributed by atoms with van der Waals surface area (Å²) < 4.78 is 1.03. The first-order valence-electron chi connectivity index (χ1n) is 11.4. The number of anilines is 2. The number of H-pyrrole nitrogens is 1. The summed E-state index contributed by atoms with van der Waals surface area (Å²) in [4.78, 5) is 26.7. The average Bonchev–Trinajstić information content (AvgIpc) is 3.60. The highest BCUT2D eigenvalue weighted by Gasteiger charge is 2.13. The molecule has 7 nitrogen and oxygen atoms in total. The zero-order valence-electron chi connectivity index (χ0n) is 19.1. The molecule has 0 aliphatic heterocycles. The Balaban J connectivity index is 1.21. The molecule has 8 heteroatoms. The second-order valence-electron chi connectivity index (χ2n) is 8.27. The largest absolute Gasteiger partial charge is 0.340 e. The molecule has 0 aliphatic rings. The molecule has 2 N–H and O–H groups in total. The van der Waals surface area contributed by atoms with Crippen molar-refractivity contribution in [1.29, 1.82) is 0 Å². The number of hydrogen-bond acceptors (Lipinski definition) is 7. The standard InChI is InChI=1S/C28H20N6OS/c35-24(13-18-7-10-29-11-8-18)26-14-20-1-2-21(15-25(20)36-26)28-30-12-9-27(34-28)33-23-5-3-19(4-6-23)22-16-31-32-17-22/h1-12,14-17H,13H2,(H,31,32)(H,30,33,34). The predicted molar refractivity (Wildman–Crippen MR) is 142 cm³/mol. The van der Waals surface area contributed by atoms with E-state index < -0.39 is 0 Å². The lowest BCUT2D eigenvalue weighted by molar-refractivity contribution is 0.0997. The van der Waals surface area contributed by atoms with E-state index in [0.717, 1.165) is 42.9 Å². The van der Waals surface area contributed by atoms with E-state index in [1.165, 1.54) is 11.3 Å². The third kappa shape index (κ3) is 4.62.